The Morgan fingerprint density at radius 2 is 2.12 bits per heavy atom. The van der Waals surface area contributed by atoms with Crippen LogP contribution in [0.4, 0.5) is 4.39 Å². The van der Waals surface area contributed by atoms with E-state index in [1.165, 1.54) is 12.1 Å². The molecule has 17 heavy (non-hydrogen) atoms. The van der Waals surface area contributed by atoms with E-state index in [1.54, 1.807) is 6.07 Å². The van der Waals surface area contributed by atoms with Gasteiger partial charge in [-0.3, -0.25) is 4.90 Å². The normalized spacial score (nSPS) is 10.5. The molecule has 0 unspecified atom stereocenters. The van der Waals surface area contributed by atoms with Crippen LogP contribution in [-0.4, -0.2) is 18.0 Å². The SMILES string of the molecule is CCCCN(CC)Cc1cc(F)ccc1C#N. The molecule has 0 spiro atoms. The van der Waals surface area contributed by atoms with Crippen LogP contribution in [0.3, 0.4) is 0 Å². The maximum absolute atomic E-state index is 13.2. The third-order valence-electron chi connectivity index (χ3n) is 2.86. The Hall–Kier alpha value is -1.40. The molecule has 3 heteroatoms. The molecular formula is C14H19FN2. The van der Waals surface area contributed by atoms with Gasteiger partial charge in [0.25, 0.3) is 0 Å². The van der Waals surface area contributed by atoms with Gasteiger partial charge in [0.15, 0.2) is 0 Å². The van der Waals surface area contributed by atoms with Gasteiger partial charge in [0, 0.05) is 6.54 Å². The van der Waals surface area contributed by atoms with E-state index in [4.69, 9.17) is 5.26 Å². The number of hydrogen-bond donors (Lipinski definition) is 0. The fraction of sp³-hybridized carbons (Fsp3) is 0.500. The van der Waals surface area contributed by atoms with E-state index >= 15 is 0 Å². The van der Waals surface area contributed by atoms with E-state index in [2.05, 4.69) is 24.8 Å². The summed E-state index contributed by atoms with van der Waals surface area (Å²) >= 11 is 0. The van der Waals surface area contributed by atoms with Crippen molar-refractivity contribution in [1.29, 1.82) is 5.26 Å². The Balaban J connectivity index is 2.78. The second-order valence-electron chi connectivity index (χ2n) is 4.14. The molecule has 92 valence electrons. The molecule has 0 aliphatic heterocycles. The number of benzene rings is 1. The van der Waals surface area contributed by atoms with Gasteiger partial charge in [0.1, 0.15) is 5.82 Å². The van der Waals surface area contributed by atoms with Gasteiger partial charge in [0.05, 0.1) is 11.6 Å². The van der Waals surface area contributed by atoms with E-state index in [-0.39, 0.29) is 5.82 Å². The molecule has 1 aromatic rings. The highest BCUT2D eigenvalue weighted by Crippen LogP contribution is 2.13. The van der Waals surface area contributed by atoms with E-state index in [9.17, 15) is 4.39 Å². The molecule has 1 aromatic carbocycles. The summed E-state index contributed by atoms with van der Waals surface area (Å²) in [7, 11) is 0. The van der Waals surface area contributed by atoms with Crippen LogP contribution < -0.4 is 0 Å². The van der Waals surface area contributed by atoms with Crippen molar-refractivity contribution in [2.75, 3.05) is 13.1 Å². The lowest BCUT2D eigenvalue weighted by Gasteiger charge is -2.20. The first-order valence-electron chi connectivity index (χ1n) is 6.12. The van der Waals surface area contributed by atoms with Gasteiger partial charge in [-0.1, -0.05) is 20.3 Å². The highest BCUT2D eigenvalue weighted by Gasteiger charge is 2.08. The third-order valence-corrected chi connectivity index (χ3v) is 2.86. The topological polar surface area (TPSA) is 27.0 Å². The zero-order valence-corrected chi connectivity index (χ0v) is 10.5. The van der Waals surface area contributed by atoms with E-state index < -0.39 is 0 Å². The molecule has 0 radical (unpaired) electrons. The summed E-state index contributed by atoms with van der Waals surface area (Å²) in [6, 6.07) is 6.47. The summed E-state index contributed by atoms with van der Waals surface area (Å²) < 4.78 is 13.2. The zero-order chi connectivity index (χ0) is 12.7. The summed E-state index contributed by atoms with van der Waals surface area (Å²) in [5, 5.41) is 8.98. The Morgan fingerprint density at radius 1 is 1.35 bits per heavy atom. The third kappa shape index (κ3) is 4.16. The van der Waals surface area contributed by atoms with Crippen LogP contribution in [-0.2, 0) is 6.54 Å². The zero-order valence-electron chi connectivity index (χ0n) is 10.5. The van der Waals surface area contributed by atoms with Crippen molar-refractivity contribution >= 4 is 0 Å². The largest absolute Gasteiger partial charge is 0.299 e. The molecule has 2 nitrogen and oxygen atoms in total. The van der Waals surface area contributed by atoms with Gasteiger partial charge in [-0.25, -0.2) is 4.39 Å². The maximum Gasteiger partial charge on any atom is 0.123 e. The van der Waals surface area contributed by atoms with Gasteiger partial charge in [0.2, 0.25) is 0 Å². The molecular weight excluding hydrogens is 215 g/mol. The molecule has 0 aromatic heterocycles. The second kappa shape index (κ2) is 7.03. The first-order valence-corrected chi connectivity index (χ1v) is 6.12. The minimum Gasteiger partial charge on any atom is -0.299 e. The molecule has 0 atom stereocenters. The molecule has 0 amide bonds. The van der Waals surface area contributed by atoms with Crippen LogP contribution in [0.15, 0.2) is 18.2 Å². The highest BCUT2D eigenvalue weighted by atomic mass is 19.1. The summed E-state index contributed by atoms with van der Waals surface area (Å²) in [5.74, 6) is -0.273. The van der Waals surface area contributed by atoms with Gasteiger partial charge < -0.3 is 0 Å². The number of unbranched alkanes of at least 4 members (excludes halogenated alkanes) is 1. The smallest absolute Gasteiger partial charge is 0.123 e. The summed E-state index contributed by atoms with van der Waals surface area (Å²) in [4.78, 5) is 2.24. The predicted molar refractivity (Wildman–Crippen MR) is 67.0 cm³/mol. The molecule has 0 fully saturated rings. The van der Waals surface area contributed by atoms with Crippen LogP contribution in [0, 0.1) is 17.1 Å². The molecule has 0 aliphatic rings. The van der Waals surface area contributed by atoms with Crippen LogP contribution in [0.5, 0.6) is 0 Å². The predicted octanol–water partition coefficient (Wildman–Crippen LogP) is 3.32. The van der Waals surface area contributed by atoms with Crippen LogP contribution >= 0.6 is 0 Å². The van der Waals surface area contributed by atoms with Crippen molar-refractivity contribution in [1.82, 2.24) is 4.90 Å². The van der Waals surface area contributed by atoms with Crippen LogP contribution in [0.2, 0.25) is 0 Å². The molecule has 0 heterocycles. The lowest BCUT2D eigenvalue weighted by molar-refractivity contribution is 0.275. The fourth-order valence-electron chi connectivity index (χ4n) is 1.77. The lowest BCUT2D eigenvalue weighted by atomic mass is 10.1. The average Bonchev–Trinajstić information content (AvgIpc) is 2.34. The molecule has 0 aliphatic carbocycles. The first-order chi connectivity index (χ1) is 8.21. The second-order valence-corrected chi connectivity index (χ2v) is 4.14. The van der Waals surface area contributed by atoms with Crippen molar-refractivity contribution in [3.8, 4) is 6.07 Å². The summed E-state index contributed by atoms with van der Waals surface area (Å²) in [6.45, 7) is 6.80. The lowest BCUT2D eigenvalue weighted by Crippen LogP contribution is -2.24. The number of nitrogens with zero attached hydrogens (tertiary/aromatic N) is 2. The van der Waals surface area contributed by atoms with E-state index in [0.29, 0.717) is 12.1 Å². The molecule has 0 saturated carbocycles. The van der Waals surface area contributed by atoms with Gasteiger partial charge in [-0.05, 0) is 43.3 Å². The maximum atomic E-state index is 13.2. The van der Waals surface area contributed by atoms with Crippen molar-refractivity contribution < 1.29 is 4.39 Å². The monoisotopic (exact) mass is 234 g/mol. The Kier molecular flexibility index (Phi) is 5.65. The first kappa shape index (κ1) is 13.7. The van der Waals surface area contributed by atoms with Crippen LogP contribution in [0.1, 0.15) is 37.8 Å². The number of nitriles is 1. The minimum absolute atomic E-state index is 0.273. The Bertz CT molecular complexity index is 396. The molecule has 1 rings (SSSR count). The minimum atomic E-state index is -0.273. The van der Waals surface area contributed by atoms with Crippen molar-refractivity contribution in [3.05, 3.63) is 35.1 Å². The summed E-state index contributed by atoms with van der Waals surface area (Å²) in [6.07, 6.45) is 2.27. The standard InChI is InChI=1S/C14H19FN2/c1-3-5-8-17(4-2)11-13-9-14(15)7-6-12(13)10-16/h6-7,9H,3-5,8,11H2,1-2H3. The van der Waals surface area contributed by atoms with E-state index in [0.717, 1.165) is 31.5 Å². The van der Waals surface area contributed by atoms with Crippen LogP contribution in [0.25, 0.3) is 0 Å². The molecule has 0 bridgehead atoms. The van der Waals surface area contributed by atoms with E-state index in [1.807, 2.05) is 0 Å². The highest BCUT2D eigenvalue weighted by molar-refractivity contribution is 5.37. The molecule has 0 saturated heterocycles. The fourth-order valence-corrected chi connectivity index (χ4v) is 1.77. The summed E-state index contributed by atoms with van der Waals surface area (Å²) in [5.41, 5.74) is 1.35. The van der Waals surface area contributed by atoms with Gasteiger partial charge in [-0.2, -0.15) is 5.26 Å². The molecule has 0 N–H and O–H groups in total. The van der Waals surface area contributed by atoms with Crippen molar-refractivity contribution in [3.63, 3.8) is 0 Å². The van der Waals surface area contributed by atoms with Gasteiger partial charge in [-0.15, -0.1) is 0 Å². The Labute approximate surface area is 103 Å². The number of rotatable bonds is 6. The van der Waals surface area contributed by atoms with Crippen molar-refractivity contribution in [2.45, 2.75) is 33.2 Å². The quantitative estimate of drug-likeness (QED) is 0.755. The number of hydrogen-bond acceptors (Lipinski definition) is 2. The van der Waals surface area contributed by atoms with Gasteiger partial charge >= 0.3 is 0 Å². The Morgan fingerprint density at radius 3 is 2.71 bits per heavy atom. The average molecular weight is 234 g/mol. The van der Waals surface area contributed by atoms with Crippen molar-refractivity contribution in [2.24, 2.45) is 0 Å². The number of halogens is 1.